The van der Waals surface area contributed by atoms with E-state index in [1.54, 1.807) is 0 Å². The van der Waals surface area contributed by atoms with Crippen molar-refractivity contribution in [3.05, 3.63) is 23.8 Å². The van der Waals surface area contributed by atoms with E-state index in [0.717, 1.165) is 0 Å². The first kappa shape index (κ1) is 12.2. The smallest absolute Gasteiger partial charge is 0.311 e. The van der Waals surface area contributed by atoms with Crippen molar-refractivity contribution in [2.24, 2.45) is 5.92 Å². The summed E-state index contributed by atoms with van der Waals surface area (Å²) in [4.78, 5) is 22.2. The zero-order chi connectivity index (χ0) is 13.3. The predicted molar refractivity (Wildman–Crippen MR) is 59.2 cm³/mol. The maximum absolute atomic E-state index is 11.2. The molecule has 6 heteroatoms. The quantitative estimate of drug-likeness (QED) is 0.782. The Balaban J connectivity index is 2.35. The maximum atomic E-state index is 11.2. The molecule has 0 amide bonds. The first-order valence-corrected chi connectivity index (χ1v) is 5.32. The van der Waals surface area contributed by atoms with Gasteiger partial charge in [-0.2, -0.15) is 0 Å². The zero-order valence-corrected chi connectivity index (χ0v) is 9.62. The molecule has 1 fully saturated rings. The minimum absolute atomic E-state index is 0.0579. The second-order valence-electron chi connectivity index (χ2n) is 3.99. The molecule has 2 rings (SSSR count). The summed E-state index contributed by atoms with van der Waals surface area (Å²) in [5, 5.41) is 18.5. The van der Waals surface area contributed by atoms with Crippen molar-refractivity contribution in [1.29, 1.82) is 0 Å². The standard InChI is InChI=1S/C12H12O6/c1-17-9-4-6(2-3-8(9)13)11-7(12(15)16)5-10(14)18-11/h2-4,7,11,13H,5H2,1H3,(H,15,16)/t7-,11+/m1/s1. The molecule has 0 saturated carbocycles. The van der Waals surface area contributed by atoms with Gasteiger partial charge in [0.15, 0.2) is 11.5 Å². The fourth-order valence-corrected chi connectivity index (χ4v) is 1.95. The van der Waals surface area contributed by atoms with Crippen molar-refractivity contribution >= 4 is 11.9 Å². The monoisotopic (exact) mass is 252 g/mol. The van der Waals surface area contributed by atoms with Crippen LogP contribution in [0.1, 0.15) is 18.1 Å². The van der Waals surface area contributed by atoms with Gasteiger partial charge in [0.05, 0.1) is 13.5 Å². The van der Waals surface area contributed by atoms with E-state index in [9.17, 15) is 14.7 Å². The van der Waals surface area contributed by atoms with Crippen LogP contribution >= 0.6 is 0 Å². The Morgan fingerprint density at radius 2 is 2.22 bits per heavy atom. The number of hydrogen-bond acceptors (Lipinski definition) is 5. The summed E-state index contributed by atoms with van der Waals surface area (Å²) in [5.74, 6) is -2.39. The lowest BCUT2D eigenvalue weighted by molar-refractivity contribution is -0.144. The summed E-state index contributed by atoms with van der Waals surface area (Å²) in [5.41, 5.74) is 0.489. The van der Waals surface area contributed by atoms with Crippen molar-refractivity contribution in [2.45, 2.75) is 12.5 Å². The largest absolute Gasteiger partial charge is 0.504 e. The van der Waals surface area contributed by atoms with Gasteiger partial charge in [0.25, 0.3) is 0 Å². The molecule has 1 aromatic carbocycles. The van der Waals surface area contributed by atoms with Crippen LogP contribution in [0.5, 0.6) is 11.5 Å². The van der Waals surface area contributed by atoms with Crippen LogP contribution in [0.15, 0.2) is 18.2 Å². The molecule has 0 spiro atoms. The van der Waals surface area contributed by atoms with Gasteiger partial charge in [-0.1, -0.05) is 6.07 Å². The number of aliphatic carboxylic acids is 1. The summed E-state index contributed by atoms with van der Waals surface area (Å²) in [6.45, 7) is 0. The number of phenols is 1. The maximum Gasteiger partial charge on any atom is 0.311 e. The molecule has 0 aliphatic carbocycles. The fraction of sp³-hybridized carbons (Fsp3) is 0.333. The molecule has 0 radical (unpaired) electrons. The Labute approximate surface area is 103 Å². The second-order valence-corrected chi connectivity index (χ2v) is 3.99. The lowest BCUT2D eigenvalue weighted by Gasteiger charge is -2.15. The fourth-order valence-electron chi connectivity index (χ4n) is 1.95. The Bertz CT molecular complexity index is 495. The van der Waals surface area contributed by atoms with Crippen LogP contribution in [0, 0.1) is 5.92 Å². The molecule has 0 aromatic heterocycles. The SMILES string of the molecule is COc1cc([C@@H]2OC(=O)C[C@H]2C(=O)O)ccc1O. The third kappa shape index (κ3) is 2.09. The van der Waals surface area contributed by atoms with E-state index in [2.05, 4.69) is 0 Å². The van der Waals surface area contributed by atoms with Gasteiger partial charge in [0.2, 0.25) is 0 Å². The number of ether oxygens (including phenoxy) is 2. The minimum atomic E-state index is -1.09. The van der Waals surface area contributed by atoms with E-state index in [-0.39, 0.29) is 17.9 Å². The summed E-state index contributed by atoms with van der Waals surface area (Å²) >= 11 is 0. The average Bonchev–Trinajstić information content (AvgIpc) is 2.72. The normalized spacial score (nSPS) is 22.6. The number of carboxylic acids is 1. The first-order valence-electron chi connectivity index (χ1n) is 5.32. The molecule has 0 unspecified atom stereocenters. The van der Waals surface area contributed by atoms with Gasteiger partial charge in [-0.15, -0.1) is 0 Å². The average molecular weight is 252 g/mol. The zero-order valence-electron chi connectivity index (χ0n) is 9.62. The van der Waals surface area contributed by atoms with E-state index in [4.69, 9.17) is 14.6 Å². The highest BCUT2D eigenvalue weighted by molar-refractivity contribution is 5.82. The van der Waals surface area contributed by atoms with Crippen molar-refractivity contribution in [3.63, 3.8) is 0 Å². The number of rotatable bonds is 3. The molecule has 18 heavy (non-hydrogen) atoms. The van der Waals surface area contributed by atoms with Gasteiger partial charge in [0, 0.05) is 0 Å². The van der Waals surface area contributed by atoms with Gasteiger partial charge in [-0.25, -0.2) is 0 Å². The van der Waals surface area contributed by atoms with Gasteiger partial charge < -0.3 is 19.7 Å². The summed E-state index contributed by atoms with van der Waals surface area (Å²) in [6, 6.07) is 4.35. The molecule has 1 heterocycles. The molecular weight excluding hydrogens is 240 g/mol. The first-order chi connectivity index (χ1) is 8.52. The molecule has 6 nitrogen and oxygen atoms in total. The number of methoxy groups -OCH3 is 1. The van der Waals surface area contributed by atoms with Crippen molar-refractivity contribution in [3.8, 4) is 11.5 Å². The van der Waals surface area contributed by atoms with Gasteiger partial charge in [0.1, 0.15) is 12.0 Å². The molecule has 1 saturated heterocycles. The number of aromatic hydroxyl groups is 1. The van der Waals surface area contributed by atoms with Crippen molar-refractivity contribution in [1.82, 2.24) is 0 Å². The number of hydrogen-bond donors (Lipinski definition) is 2. The lowest BCUT2D eigenvalue weighted by Crippen LogP contribution is -2.17. The highest BCUT2D eigenvalue weighted by atomic mass is 16.6. The molecule has 96 valence electrons. The number of carboxylic acid groups (broad SMARTS) is 1. The third-order valence-electron chi connectivity index (χ3n) is 2.86. The van der Waals surface area contributed by atoms with E-state index >= 15 is 0 Å². The van der Waals surface area contributed by atoms with Crippen LogP contribution in [0.4, 0.5) is 0 Å². The van der Waals surface area contributed by atoms with Crippen molar-refractivity contribution in [2.75, 3.05) is 7.11 Å². The Kier molecular flexibility index (Phi) is 3.10. The number of benzene rings is 1. The van der Waals surface area contributed by atoms with Crippen LogP contribution < -0.4 is 4.74 Å². The molecular formula is C12H12O6. The number of esters is 1. The predicted octanol–water partition coefficient (Wildman–Crippen LogP) is 1.09. The van der Waals surface area contributed by atoms with Crippen molar-refractivity contribution < 1.29 is 29.3 Å². The number of carbonyl (C=O) groups is 2. The number of cyclic esters (lactones) is 1. The lowest BCUT2D eigenvalue weighted by atomic mass is 9.95. The van der Waals surface area contributed by atoms with Crippen LogP contribution in [0.3, 0.4) is 0 Å². The highest BCUT2D eigenvalue weighted by Gasteiger charge is 2.41. The molecule has 2 atom stereocenters. The van der Waals surface area contributed by atoms with E-state index in [1.807, 2.05) is 0 Å². The highest BCUT2D eigenvalue weighted by Crippen LogP contribution is 2.38. The Morgan fingerprint density at radius 1 is 1.50 bits per heavy atom. The van der Waals surface area contributed by atoms with Crippen LogP contribution in [-0.4, -0.2) is 29.3 Å². The molecule has 2 N–H and O–H groups in total. The topological polar surface area (TPSA) is 93.1 Å². The molecule has 1 aromatic rings. The van der Waals surface area contributed by atoms with E-state index in [0.29, 0.717) is 5.56 Å². The minimum Gasteiger partial charge on any atom is -0.504 e. The number of carbonyl (C=O) groups excluding carboxylic acids is 1. The summed E-state index contributed by atoms with van der Waals surface area (Å²) in [6.07, 6.45) is -0.993. The summed E-state index contributed by atoms with van der Waals surface area (Å²) < 4.78 is 9.93. The van der Waals surface area contributed by atoms with Crippen LogP contribution in [0.2, 0.25) is 0 Å². The summed E-state index contributed by atoms with van der Waals surface area (Å²) in [7, 11) is 1.38. The second kappa shape index (κ2) is 4.56. The van der Waals surface area contributed by atoms with Gasteiger partial charge in [-0.3, -0.25) is 9.59 Å². The van der Waals surface area contributed by atoms with E-state index < -0.39 is 24.0 Å². The van der Waals surface area contributed by atoms with E-state index in [1.165, 1.54) is 25.3 Å². The third-order valence-corrected chi connectivity index (χ3v) is 2.86. The van der Waals surface area contributed by atoms with Crippen LogP contribution in [-0.2, 0) is 14.3 Å². The molecule has 0 bridgehead atoms. The Hall–Kier alpha value is -2.24. The van der Waals surface area contributed by atoms with Crippen LogP contribution in [0.25, 0.3) is 0 Å². The Morgan fingerprint density at radius 3 is 2.83 bits per heavy atom. The molecule has 1 aliphatic heterocycles. The molecule has 1 aliphatic rings. The van der Waals surface area contributed by atoms with Gasteiger partial charge in [-0.05, 0) is 17.7 Å². The number of phenolic OH excluding ortho intramolecular Hbond substituents is 1. The van der Waals surface area contributed by atoms with Gasteiger partial charge >= 0.3 is 11.9 Å².